The van der Waals surface area contributed by atoms with Gasteiger partial charge in [0, 0.05) is 30.7 Å². The van der Waals surface area contributed by atoms with Gasteiger partial charge in [0.15, 0.2) is 0 Å². The van der Waals surface area contributed by atoms with Crippen LogP contribution in [0.2, 0.25) is 0 Å². The molecule has 1 N–H and O–H groups in total. The molecule has 0 spiro atoms. The second-order valence-electron chi connectivity index (χ2n) is 9.47. The van der Waals surface area contributed by atoms with Crippen molar-refractivity contribution in [3.8, 4) is 0 Å². The van der Waals surface area contributed by atoms with Crippen molar-refractivity contribution in [2.45, 2.75) is 113 Å². The first kappa shape index (κ1) is 51.4. The molecule has 0 atom stereocenters. The van der Waals surface area contributed by atoms with E-state index in [2.05, 4.69) is 111 Å². The van der Waals surface area contributed by atoms with E-state index >= 15 is 0 Å². The Bertz CT molecular complexity index is 743. The number of rotatable bonds is 18. The van der Waals surface area contributed by atoms with Crippen LogP contribution in [0.3, 0.4) is 0 Å². The zero-order valence-electron chi connectivity index (χ0n) is 30.6. The molecular formula is C40H73BrN2O. The summed E-state index contributed by atoms with van der Waals surface area (Å²) in [6.07, 6.45) is 23.7. The molecule has 0 aliphatic carbocycles. The average Bonchev–Trinajstić information content (AvgIpc) is 3.04. The van der Waals surface area contributed by atoms with Gasteiger partial charge in [0.25, 0.3) is 0 Å². The van der Waals surface area contributed by atoms with Crippen LogP contribution in [0, 0.1) is 0 Å². The van der Waals surface area contributed by atoms with Crippen LogP contribution in [0.25, 0.3) is 0 Å². The Morgan fingerprint density at radius 1 is 0.818 bits per heavy atom. The Kier molecular flexibility index (Phi) is 59.0. The number of ether oxygens (including phenoxy) is 1. The zero-order valence-corrected chi connectivity index (χ0v) is 32.2. The first-order chi connectivity index (χ1) is 21.3. The summed E-state index contributed by atoms with van der Waals surface area (Å²) in [6, 6.07) is 8.54. The van der Waals surface area contributed by atoms with Gasteiger partial charge in [-0.25, -0.2) is 0 Å². The summed E-state index contributed by atoms with van der Waals surface area (Å²) in [5.41, 5.74) is 1.36. The number of methoxy groups -OCH3 is 1. The lowest BCUT2D eigenvalue weighted by Crippen LogP contribution is -2.24. The van der Waals surface area contributed by atoms with E-state index in [0.29, 0.717) is 0 Å². The van der Waals surface area contributed by atoms with Crippen molar-refractivity contribution in [1.82, 2.24) is 10.2 Å². The van der Waals surface area contributed by atoms with Crippen LogP contribution in [0.1, 0.15) is 112 Å². The number of hydrogen-bond acceptors (Lipinski definition) is 3. The molecule has 3 nitrogen and oxygen atoms in total. The van der Waals surface area contributed by atoms with Gasteiger partial charge in [-0.1, -0.05) is 158 Å². The maximum Gasteiger partial charge on any atom is 0.118 e. The van der Waals surface area contributed by atoms with E-state index in [4.69, 9.17) is 4.74 Å². The molecule has 0 radical (unpaired) electrons. The number of unbranched alkanes of at least 4 members (excludes halogenated alkanes) is 5. The van der Waals surface area contributed by atoms with E-state index in [1.807, 2.05) is 51.2 Å². The molecular weight excluding hydrogens is 604 g/mol. The fourth-order valence-electron chi connectivity index (χ4n) is 3.07. The van der Waals surface area contributed by atoms with E-state index in [-0.39, 0.29) is 0 Å². The second-order valence-corrected chi connectivity index (χ2v) is 10.4. The van der Waals surface area contributed by atoms with Gasteiger partial charge in [0.1, 0.15) is 5.76 Å². The molecule has 0 unspecified atom stereocenters. The molecule has 0 saturated carbocycles. The lowest BCUT2D eigenvalue weighted by atomic mass is 10.2. The normalized spacial score (nSPS) is 9.66. The van der Waals surface area contributed by atoms with Gasteiger partial charge in [0.2, 0.25) is 0 Å². The van der Waals surface area contributed by atoms with E-state index in [1.54, 1.807) is 19.3 Å². The molecule has 256 valence electrons. The molecule has 0 heterocycles. The predicted molar refractivity (Wildman–Crippen MR) is 210 cm³/mol. The molecule has 0 bridgehead atoms. The van der Waals surface area contributed by atoms with Crippen LogP contribution < -0.4 is 5.32 Å². The Hall–Kier alpha value is -2.14. The molecule has 4 heteroatoms. The highest BCUT2D eigenvalue weighted by atomic mass is 79.9. The number of allylic oxidation sites excluding steroid dienone is 4. The van der Waals surface area contributed by atoms with Crippen LogP contribution in [-0.2, 0) is 11.3 Å². The van der Waals surface area contributed by atoms with Crippen molar-refractivity contribution in [3.05, 3.63) is 109 Å². The minimum Gasteiger partial charge on any atom is -0.497 e. The standard InChI is InChI=1S/C14H20BrN.C11H17NO.2C5H12.C3H6.C2H6/c1-3-5-11-16(10-4-2)12-13-6-8-14(15)9-7-13;1-4-9-12-10-7-6-8-11(5-2)13-3;2*1-3-5-4-2;1-3-2;1-2/h4,6-9H,2-3,5,10-12H2,1H3;4-8,12H,1-2,9-10H2,3H3;2*3-5H2,1-2H3;3H,1H2,2H3;1-2H3/b;7-6+,11-8+;;;;. The molecule has 1 aromatic carbocycles. The number of nitrogens with one attached hydrogen (secondary N) is 1. The molecule has 0 aromatic heterocycles. The lowest BCUT2D eigenvalue weighted by molar-refractivity contribution is 0.289. The number of benzene rings is 1. The van der Waals surface area contributed by atoms with Crippen LogP contribution in [0.5, 0.6) is 0 Å². The van der Waals surface area contributed by atoms with Crippen molar-refractivity contribution in [1.29, 1.82) is 0 Å². The third kappa shape index (κ3) is 49.5. The van der Waals surface area contributed by atoms with Gasteiger partial charge in [-0.3, -0.25) is 4.90 Å². The van der Waals surface area contributed by atoms with E-state index in [9.17, 15) is 0 Å². The highest BCUT2D eigenvalue weighted by Crippen LogP contribution is 2.12. The van der Waals surface area contributed by atoms with Gasteiger partial charge in [-0.15, -0.1) is 19.7 Å². The third-order valence-corrected chi connectivity index (χ3v) is 5.86. The minimum atomic E-state index is 0.764. The molecule has 0 amide bonds. The smallest absolute Gasteiger partial charge is 0.118 e. The summed E-state index contributed by atoms with van der Waals surface area (Å²) < 4.78 is 6.12. The molecule has 0 aliphatic rings. The lowest BCUT2D eigenvalue weighted by Gasteiger charge is -2.20. The fourth-order valence-corrected chi connectivity index (χ4v) is 3.34. The first-order valence-electron chi connectivity index (χ1n) is 16.8. The molecule has 0 saturated heterocycles. The van der Waals surface area contributed by atoms with Crippen molar-refractivity contribution >= 4 is 15.9 Å². The summed E-state index contributed by atoms with van der Waals surface area (Å²) >= 11 is 3.45. The van der Waals surface area contributed by atoms with Crippen molar-refractivity contribution in [2.24, 2.45) is 0 Å². The van der Waals surface area contributed by atoms with Gasteiger partial charge in [-0.2, -0.15) is 0 Å². The summed E-state index contributed by atoms with van der Waals surface area (Å²) in [5.74, 6) is 0.764. The summed E-state index contributed by atoms with van der Waals surface area (Å²) in [5, 5.41) is 3.14. The van der Waals surface area contributed by atoms with Crippen LogP contribution >= 0.6 is 15.9 Å². The Morgan fingerprint density at radius 3 is 1.68 bits per heavy atom. The number of halogens is 1. The SMILES string of the molecule is C=CC.C=CCN(CCCC)Cc1ccc(Br)cc1.C=CCNC/C=C/C=C(\C=C)OC.CC.CCCCC.CCCCC. The topological polar surface area (TPSA) is 24.5 Å². The van der Waals surface area contributed by atoms with Gasteiger partial charge in [0.05, 0.1) is 7.11 Å². The van der Waals surface area contributed by atoms with E-state index in [0.717, 1.165) is 43.0 Å². The van der Waals surface area contributed by atoms with Crippen molar-refractivity contribution < 1.29 is 4.74 Å². The quantitative estimate of drug-likeness (QED) is 0.0724. The van der Waals surface area contributed by atoms with Gasteiger partial charge < -0.3 is 10.1 Å². The highest BCUT2D eigenvalue weighted by molar-refractivity contribution is 9.10. The largest absolute Gasteiger partial charge is 0.497 e. The van der Waals surface area contributed by atoms with Gasteiger partial charge >= 0.3 is 0 Å². The highest BCUT2D eigenvalue weighted by Gasteiger charge is 2.03. The molecule has 1 aromatic rings. The van der Waals surface area contributed by atoms with Crippen LogP contribution in [-0.4, -0.2) is 38.2 Å². The molecule has 0 aliphatic heterocycles. The monoisotopic (exact) mass is 676 g/mol. The maximum absolute atomic E-state index is 4.98. The fraction of sp³-hybridized carbons (Fsp3) is 0.550. The zero-order chi connectivity index (χ0) is 34.7. The second kappa shape index (κ2) is 50.5. The Labute approximate surface area is 285 Å². The van der Waals surface area contributed by atoms with E-state index < -0.39 is 0 Å². The van der Waals surface area contributed by atoms with Crippen molar-refractivity contribution in [3.63, 3.8) is 0 Å². The number of nitrogens with zero attached hydrogens (tertiary/aromatic N) is 1. The van der Waals surface area contributed by atoms with Crippen LogP contribution in [0.15, 0.2) is 103 Å². The Balaban J connectivity index is -0.000000161. The third-order valence-electron chi connectivity index (χ3n) is 5.33. The summed E-state index contributed by atoms with van der Waals surface area (Å²) in [7, 11) is 1.62. The van der Waals surface area contributed by atoms with Crippen molar-refractivity contribution in [2.75, 3.05) is 33.3 Å². The summed E-state index contributed by atoms with van der Waals surface area (Å²) in [4.78, 5) is 2.43. The average molecular weight is 678 g/mol. The first-order valence-corrected chi connectivity index (χ1v) is 17.6. The maximum atomic E-state index is 4.98. The molecule has 44 heavy (non-hydrogen) atoms. The minimum absolute atomic E-state index is 0.764. The predicted octanol–water partition coefficient (Wildman–Crippen LogP) is 12.9. The van der Waals surface area contributed by atoms with E-state index in [1.165, 1.54) is 56.9 Å². The molecule has 0 fully saturated rings. The summed E-state index contributed by atoms with van der Waals surface area (Å²) in [6.45, 7) is 36.1. The van der Waals surface area contributed by atoms with Crippen LogP contribution in [0.4, 0.5) is 0 Å². The number of hydrogen-bond donors (Lipinski definition) is 1. The molecule has 1 rings (SSSR count). The Morgan fingerprint density at radius 2 is 1.32 bits per heavy atom. The van der Waals surface area contributed by atoms with Gasteiger partial charge in [-0.05, 0) is 49.7 Å².